The van der Waals surface area contributed by atoms with Crippen LogP contribution in [0.2, 0.25) is 0 Å². The maximum atomic E-state index is 12.0. The standard InChI is InChI=1S/C15H26N2O/c1-11(14(18)17-13-4-2-3-5-13)16-10-15(8-9-15)12-6-7-12/h11-13,16H,2-10H2,1H3,(H,17,18). The minimum absolute atomic E-state index is 0.0261. The summed E-state index contributed by atoms with van der Waals surface area (Å²) in [5.41, 5.74) is 0.585. The van der Waals surface area contributed by atoms with Gasteiger partial charge in [-0.25, -0.2) is 0 Å². The van der Waals surface area contributed by atoms with Crippen molar-refractivity contribution in [2.75, 3.05) is 6.54 Å². The van der Waals surface area contributed by atoms with Crippen molar-refractivity contribution in [1.82, 2.24) is 10.6 Å². The Morgan fingerprint density at radius 3 is 2.44 bits per heavy atom. The molecule has 0 bridgehead atoms. The van der Waals surface area contributed by atoms with Crippen molar-refractivity contribution < 1.29 is 4.79 Å². The van der Waals surface area contributed by atoms with Crippen LogP contribution in [-0.4, -0.2) is 24.5 Å². The van der Waals surface area contributed by atoms with E-state index in [-0.39, 0.29) is 11.9 Å². The van der Waals surface area contributed by atoms with Crippen LogP contribution >= 0.6 is 0 Å². The number of carbonyl (C=O) groups excluding carboxylic acids is 1. The topological polar surface area (TPSA) is 41.1 Å². The first-order valence-corrected chi connectivity index (χ1v) is 7.73. The van der Waals surface area contributed by atoms with E-state index in [1.165, 1.54) is 51.4 Å². The van der Waals surface area contributed by atoms with Crippen LogP contribution in [0.1, 0.15) is 58.3 Å². The Labute approximate surface area is 110 Å². The summed E-state index contributed by atoms with van der Waals surface area (Å²) in [6.07, 6.45) is 10.5. The molecule has 3 aliphatic carbocycles. The van der Waals surface area contributed by atoms with Crippen molar-refractivity contribution in [3.8, 4) is 0 Å². The minimum Gasteiger partial charge on any atom is -0.352 e. The fraction of sp³-hybridized carbons (Fsp3) is 0.933. The molecule has 3 saturated carbocycles. The largest absolute Gasteiger partial charge is 0.352 e. The Hall–Kier alpha value is -0.570. The van der Waals surface area contributed by atoms with Crippen LogP contribution in [0.5, 0.6) is 0 Å². The van der Waals surface area contributed by atoms with Crippen LogP contribution in [0.15, 0.2) is 0 Å². The minimum atomic E-state index is -0.0261. The Morgan fingerprint density at radius 1 is 1.22 bits per heavy atom. The molecule has 1 atom stereocenters. The first-order valence-electron chi connectivity index (χ1n) is 7.73. The van der Waals surface area contributed by atoms with E-state index in [4.69, 9.17) is 0 Å². The van der Waals surface area contributed by atoms with Gasteiger partial charge in [0, 0.05) is 12.6 Å². The highest BCUT2D eigenvalue weighted by molar-refractivity contribution is 5.81. The Kier molecular flexibility index (Phi) is 3.35. The van der Waals surface area contributed by atoms with E-state index in [9.17, 15) is 4.79 Å². The first-order chi connectivity index (χ1) is 8.70. The molecular formula is C15H26N2O. The molecule has 3 rings (SSSR count). The van der Waals surface area contributed by atoms with Crippen LogP contribution in [0, 0.1) is 11.3 Å². The lowest BCUT2D eigenvalue weighted by Crippen LogP contribution is -2.47. The van der Waals surface area contributed by atoms with Crippen molar-refractivity contribution in [3.63, 3.8) is 0 Å². The summed E-state index contributed by atoms with van der Waals surface area (Å²) in [7, 11) is 0. The van der Waals surface area contributed by atoms with Crippen molar-refractivity contribution in [3.05, 3.63) is 0 Å². The Morgan fingerprint density at radius 2 is 1.89 bits per heavy atom. The summed E-state index contributed by atoms with van der Waals surface area (Å²) in [5, 5.41) is 6.65. The van der Waals surface area contributed by atoms with Crippen LogP contribution in [0.25, 0.3) is 0 Å². The molecule has 0 heterocycles. The van der Waals surface area contributed by atoms with Gasteiger partial charge in [-0.2, -0.15) is 0 Å². The number of hydrogen-bond acceptors (Lipinski definition) is 2. The SMILES string of the molecule is CC(NCC1(C2CC2)CC1)C(=O)NC1CCCC1. The highest BCUT2D eigenvalue weighted by atomic mass is 16.2. The average molecular weight is 250 g/mol. The summed E-state index contributed by atoms with van der Waals surface area (Å²) in [6, 6.07) is 0.418. The quantitative estimate of drug-likeness (QED) is 0.759. The van der Waals surface area contributed by atoms with Gasteiger partial charge in [-0.1, -0.05) is 12.8 Å². The van der Waals surface area contributed by atoms with E-state index in [1.807, 2.05) is 6.92 Å². The van der Waals surface area contributed by atoms with E-state index < -0.39 is 0 Å². The number of amides is 1. The second-order valence-electron chi connectivity index (χ2n) is 6.73. The molecule has 0 radical (unpaired) electrons. The molecule has 0 spiro atoms. The van der Waals surface area contributed by atoms with Gasteiger partial charge < -0.3 is 10.6 Å². The summed E-state index contributed by atoms with van der Waals surface area (Å²) in [5.74, 6) is 1.17. The molecule has 3 fully saturated rings. The summed E-state index contributed by atoms with van der Waals surface area (Å²) in [6.45, 7) is 3.06. The van der Waals surface area contributed by atoms with Crippen molar-refractivity contribution >= 4 is 5.91 Å². The van der Waals surface area contributed by atoms with Gasteiger partial charge in [0.15, 0.2) is 0 Å². The van der Waals surface area contributed by atoms with Gasteiger partial charge in [-0.3, -0.25) is 4.79 Å². The molecule has 1 unspecified atom stereocenters. The molecular weight excluding hydrogens is 224 g/mol. The normalized spacial score (nSPS) is 28.1. The van der Waals surface area contributed by atoms with E-state index in [1.54, 1.807) is 0 Å². The van der Waals surface area contributed by atoms with E-state index in [0.717, 1.165) is 12.5 Å². The van der Waals surface area contributed by atoms with Gasteiger partial charge >= 0.3 is 0 Å². The van der Waals surface area contributed by atoms with Crippen molar-refractivity contribution in [2.45, 2.75) is 70.4 Å². The van der Waals surface area contributed by atoms with Gasteiger partial charge in [0.2, 0.25) is 5.91 Å². The lowest BCUT2D eigenvalue weighted by atomic mass is 10.0. The van der Waals surface area contributed by atoms with Gasteiger partial charge in [-0.05, 0) is 56.8 Å². The zero-order valence-corrected chi connectivity index (χ0v) is 11.5. The van der Waals surface area contributed by atoms with E-state index in [0.29, 0.717) is 11.5 Å². The third-order valence-electron chi connectivity index (χ3n) is 5.19. The van der Waals surface area contributed by atoms with Gasteiger partial charge in [0.1, 0.15) is 0 Å². The zero-order chi connectivity index (χ0) is 12.6. The molecule has 0 aromatic carbocycles. The lowest BCUT2D eigenvalue weighted by Gasteiger charge is -2.21. The van der Waals surface area contributed by atoms with E-state index in [2.05, 4.69) is 10.6 Å². The average Bonchev–Trinajstić information content (AvgIpc) is 3.26. The second-order valence-corrected chi connectivity index (χ2v) is 6.73. The van der Waals surface area contributed by atoms with Gasteiger partial charge in [-0.15, -0.1) is 0 Å². The number of carbonyl (C=O) groups is 1. The molecule has 3 nitrogen and oxygen atoms in total. The van der Waals surface area contributed by atoms with Crippen LogP contribution in [-0.2, 0) is 4.79 Å². The summed E-state index contributed by atoms with van der Waals surface area (Å²) >= 11 is 0. The predicted octanol–water partition coefficient (Wildman–Crippen LogP) is 2.21. The third-order valence-corrected chi connectivity index (χ3v) is 5.19. The molecule has 0 saturated heterocycles. The maximum Gasteiger partial charge on any atom is 0.237 e. The fourth-order valence-electron chi connectivity index (χ4n) is 3.43. The Balaban J connectivity index is 1.40. The zero-order valence-electron chi connectivity index (χ0n) is 11.5. The van der Waals surface area contributed by atoms with Crippen LogP contribution < -0.4 is 10.6 Å². The summed E-state index contributed by atoms with van der Waals surface area (Å²) in [4.78, 5) is 12.0. The lowest BCUT2D eigenvalue weighted by molar-refractivity contribution is -0.123. The number of hydrogen-bond donors (Lipinski definition) is 2. The van der Waals surface area contributed by atoms with Gasteiger partial charge in [0.25, 0.3) is 0 Å². The number of nitrogens with one attached hydrogen (secondary N) is 2. The third kappa shape index (κ3) is 2.71. The van der Waals surface area contributed by atoms with Crippen LogP contribution in [0.4, 0.5) is 0 Å². The monoisotopic (exact) mass is 250 g/mol. The first kappa shape index (κ1) is 12.5. The molecule has 18 heavy (non-hydrogen) atoms. The van der Waals surface area contributed by atoms with Gasteiger partial charge in [0.05, 0.1) is 6.04 Å². The van der Waals surface area contributed by atoms with Crippen molar-refractivity contribution in [1.29, 1.82) is 0 Å². The molecule has 3 aliphatic rings. The molecule has 0 aromatic rings. The molecule has 1 amide bonds. The highest BCUT2D eigenvalue weighted by Crippen LogP contribution is 2.60. The van der Waals surface area contributed by atoms with Crippen molar-refractivity contribution in [2.24, 2.45) is 11.3 Å². The molecule has 2 N–H and O–H groups in total. The molecule has 102 valence electrons. The molecule has 0 aromatic heterocycles. The predicted molar refractivity (Wildman–Crippen MR) is 72.3 cm³/mol. The summed E-state index contributed by atoms with van der Waals surface area (Å²) < 4.78 is 0. The van der Waals surface area contributed by atoms with Crippen LogP contribution in [0.3, 0.4) is 0 Å². The van der Waals surface area contributed by atoms with E-state index >= 15 is 0 Å². The highest BCUT2D eigenvalue weighted by Gasteiger charge is 2.53. The Bertz CT molecular complexity index is 314. The smallest absolute Gasteiger partial charge is 0.237 e. The molecule has 3 heteroatoms. The second kappa shape index (κ2) is 4.84. The molecule has 0 aliphatic heterocycles. The fourth-order valence-corrected chi connectivity index (χ4v) is 3.43. The number of rotatable bonds is 6. The maximum absolute atomic E-state index is 12.0.